The van der Waals surface area contributed by atoms with Gasteiger partial charge in [0.25, 0.3) is 5.91 Å². The predicted molar refractivity (Wildman–Crippen MR) is 64.2 cm³/mol. The third kappa shape index (κ3) is 2.27. The zero-order chi connectivity index (χ0) is 12.5. The minimum absolute atomic E-state index is 0.0360. The second-order valence-corrected chi connectivity index (χ2v) is 5.31. The summed E-state index contributed by atoms with van der Waals surface area (Å²) in [4.78, 5) is 14.0. The van der Waals surface area contributed by atoms with Crippen LogP contribution in [-0.4, -0.2) is 40.8 Å². The highest BCUT2D eigenvalue weighted by Gasteiger charge is 2.31. The molecule has 2 aliphatic rings. The van der Waals surface area contributed by atoms with Crippen LogP contribution >= 0.6 is 0 Å². The number of aliphatic hydroxyl groups excluding tert-OH is 1. The monoisotopic (exact) mass is 250 g/mol. The number of amides is 1. The first kappa shape index (κ1) is 11.7. The van der Waals surface area contributed by atoms with Gasteiger partial charge in [0, 0.05) is 31.7 Å². The van der Waals surface area contributed by atoms with E-state index in [0.29, 0.717) is 17.5 Å². The third-order valence-corrected chi connectivity index (χ3v) is 3.84. The first-order valence-electron chi connectivity index (χ1n) is 6.64. The molecule has 1 saturated heterocycles. The molecule has 1 aromatic heterocycles. The Bertz CT molecular complexity index is 439. The van der Waals surface area contributed by atoms with E-state index in [2.05, 4.69) is 5.16 Å². The lowest BCUT2D eigenvalue weighted by Crippen LogP contribution is -2.29. The number of aliphatic hydroxyl groups is 1. The fourth-order valence-electron chi connectivity index (χ4n) is 2.55. The maximum atomic E-state index is 12.2. The zero-order valence-electron chi connectivity index (χ0n) is 10.3. The minimum Gasteiger partial charge on any atom is -0.396 e. The molecule has 1 N–H and O–H groups in total. The molecule has 1 amide bonds. The van der Waals surface area contributed by atoms with Gasteiger partial charge in [0.15, 0.2) is 5.69 Å². The van der Waals surface area contributed by atoms with Crippen LogP contribution in [0, 0.1) is 5.92 Å². The molecule has 98 valence electrons. The predicted octanol–water partition coefficient (Wildman–Crippen LogP) is 1.40. The molecule has 18 heavy (non-hydrogen) atoms. The summed E-state index contributed by atoms with van der Waals surface area (Å²) in [5.74, 6) is 1.73. The van der Waals surface area contributed by atoms with Gasteiger partial charge in [0.2, 0.25) is 0 Å². The van der Waals surface area contributed by atoms with E-state index in [0.717, 1.165) is 44.5 Å². The van der Waals surface area contributed by atoms with Crippen LogP contribution in [0.25, 0.3) is 0 Å². The first-order valence-corrected chi connectivity index (χ1v) is 6.64. The number of nitrogens with zero attached hydrogens (tertiary/aromatic N) is 2. The van der Waals surface area contributed by atoms with Crippen molar-refractivity contribution in [3.05, 3.63) is 17.5 Å². The van der Waals surface area contributed by atoms with Crippen molar-refractivity contribution < 1.29 is 14.4 Å². The molecule has 5 nitrogen and oxygen atoms in total. The normalized spacial score (nSPS) is 23.6. The topological polar surface area (TPSA) is 66.6 Å². The number of carbonyl (C=O) groups excluding carboxylic acids is 1. The Morgan fingerprint density at radius 1 is 1.50 bits per heavy atom. The van der Waals surface area contributed by atoms with Crippen molar-refractivity contribution in [2.24, 2.45) is 5.92 Å². The molecule has 2 fully saturated rings. The van der Waals surface area contributed by atoms with E-state index in [1.54, 1.807) is 6.07 Å². The van der Waals surface area contributed by atoms with Gasteiger partial charge in [0.1, 0.15) is 5.76 Å². The fraction of sp³-hybridized carbons (Fsp3) is 0.692. The van der Waals surface area contributed by atoms with Gasteiger partial charge in [-0.05, 0) is 31.6 Å². The zero-order valence-corrected chi connectivity index (χ0v) is 10.3. The highest BCUT2D eigenvalue weighted by Crippen LogP contribution is 2.40. The van der Waals surface area contributed by atoms with Gasteiger partial charge in [-0.3, -0.25) is 4.79 Å². The van der Waals surface area contributed by atoms with Crippen LogP contribution in [0.5, 0.6) is 0 Å². The van der Waals surface area contributed by atoms with E-state index in [-0.39, 0.29) is 12.5 Å². The van der Waals surface area contributed by atoms with Crippen molar-refractivity contribution in [2.75, 3.05) is 19.7 Å². The molecule has 1 aliphatic heterocycles. The molecule has 1 aliphatic carbocycles. The lowest BCUT2D eigenvalue weighted by Gasteiger charge is -2.14. The highest BCUT2D eigenvalue weighted by atomic mass is 16.5. The van der Waals surface area contributed by atoms with Gasteiger partial charge in [-0.25, -0.2) is 0 Å². The molecule has 0 bridgehead atoms. The average molecular weight is 250 g/mol. The van der Waals surface area contributed by atoms with Crippen molar-refractivity contribution in [3.63, 3.8) is 0 Å². The molecule has 5 heteroatoms. The Hall–Kier alpha value is -1.36. The van der Waals surface area contributed by atoms with E-state index < -0.39 is 0 Å². The Morgan fingerprint density at radius 3 is 3.06 bits per heavy atom. The van der Waals surface area contributed by atoms with Crippen LogP contribution in [0.2, 0.25) is 0 Å². The van der Waals surface area contributed by atoms with Crippen molar-refractivity contribution in [1.82, 2.24) is 10.1 Å². The standard InChI is InChI=1S/C13H18N2O3/c16-6-4-9-3-5-15(8-9)13(17)11-7-12(18-14-11)10-1-2-10/h7,9-10,16H,1-6,8H2. The highest BCUT2D eigenvalue weighted by molar-refractivity contribution is 5.92. The summed E-state index contributed by atoms with van der Waals surface area (Å²) < 4.78 is 5.21. The number of carbonyl (C=O) groups is 1. The lowest BCUT2D eigenvalue weighted by molar-refractivity contribution is 0.0774. The molecule has 0 spiro atoms. The Morgan fingerprint density at radius 2 is 2.33 bits per heavy atom. The fourth-order valence-corrected chi connectivity index (χ4v) is 2.55. The Balaban J connectivity index is 1.63. The average Bonchev–Trinajstić information content (AvgIpc) is 2.93. The summed E-state index contributed by atoms with van der Waals surface area (Å²) in [7, 11) is 0. The number of hydrogen-bond acceptors (Lipinski definition) is 4. The van der Waals surface area contributed by atoms with Crippen molar-refractivity contribution >= 4 is 5.91 Å². The molecule has 1 saturated carbocycles. The summed E-state index contributed by atoms with van der Waals surface area (Å²) >= 11 is 0. The number of hydrogen-bond donors (Lipinski definition) is 1. The maximum absolute atomic E-state index is 12.2. The van der Waals surface area contributed by atoms with E-state index in [1.165, 1.54) is 0 Å². The van der Waals surface area contributed by atoms with Crippen molar-refractivity contribution in [1.29, 1.82) is 0 Å². The smallest absolute Gasteiger partial charge is 0.276 e. The van der Waals surface area contributed by atoms with E-state index in [1.807, 2.05) is 4.90 Å². The van der Waals surface area contributed by atoms with Crippen molar-refractivity contribution in [3.8, 4) is 0 Å². The van der Waals surface area contributed by atoms with Gasteiger partial charge in [-0.15, -0.1) is 0 Å². The van der Waals surface area contributed by atoms with Gasteiger partial charge >= 0.3 is 0 Å². The van der Waals surface area contributed by atoms with Gasteiger partial charge in [-0.1, -0.05) is 5.16 Å². The number of likely N-dealkylation sites (tertiary alicyclic amines) is 1. The van der Waals surface area contributed by atoms with E-state index in [4.69, 9.17) is 9.63 Å². The van der Waals surface area contributed by atoms with Crippen LogP contribution < -0.4 is 0 Å². The summed E-state index contributed by atoms with van der Waals surface area (Å²) in [5, 5.41) is 12.8. The van der Waals surface area contributed by atoms with Crippen LogP contribution in [0.3, 0.4) is 0 Å². The summed E-state index contributed by atoms with van der Waals surface area (Å²) in [6, 6.07) is 1.79. The number of rotatable bonds is 4. The molecule has 0 radical (unpaired) electrons. The molecule has 1 atom stereocenters. The Kier molecular flexibility index (Phi) is 3.07. The molecule has 1 unspecified atom stereocenters. The third-order valence-electron chi connectivity index (χ3n) is 3.84. The molecule has 0 aromatic carbocycles. The molecular weight excluding hydrogens is 232 g/mol. The largest absolute Gasteiger partial charge is 0.396 e. The second-order valence-electron chi connectivity index (χ2n) is 5.31. The van der Waals surface area contributed by atoms with Crippen LogP contribution in [0.1, 0.15) is 47.8 Å². The van der Waals surface area contributed by atoms with Gasteiger partial charge in [0.05, 0.1) is 0 Å². The molecular formula is C13H18N2O3. The maximum Gasteiger partial charge on any atom is 0.276 e. The van der Waals surface area contributed by atoms with Crippen molar-refractivity contribution in [2.45, 2.75) is 31.6 Å². The van der Waals surface area contributed by atoms with Crippen LogP contribution in [-0.2, 0) is 0 Å². The van der Waals surface area contributed by atoms with E-state index in [9.17, 15) is 4.79 Å². The SMILES string of the molecule is O=C(c1cc(C2CC2)on1)N1CCC(CCO)C1. The van der Waals surface area contributed by atoms with E-state index >= 15 is 0 Å². The summed E-state index contributed by atoms with van der Waals surface area (Å²) in [6.45, 7) is 1.68. The summed E-state index contributed by atoms with van der Waals surface area (Å²) in [5.41, 5.74) is 0.432. The minimum atomic E-state index is -0.0360. The molecule has 2 heterocycles. The van der Waals surface area contributed by atoms with Crippen LogP contribution in [0.15, 0.2) is 10.6 Å². The van der Waals surface area contributed by atoms with Gasteiger partial charge in [-0.2, -0.15) is 0 Å². The van der Waals surface area contributed by atoms with Gasteiger partial charge < -0.3 is 14.5 Å². The number of aromatic nitrogens is 1. The first-order chi connectivity index (χ1) is 8.78. The second kappa shape index (κ2) is 4.72. The lowest BCUT2D eigenvalue weighted by atomic mass is 10.1. The Labute approximate surface area is 106 Å². The van der Waals surface area contributed by atoms with Crippen LogP contribution in [0.4, 0.5) is 0 Å². The quantitative estimate of drug-likeness (QED) is 0.877. The molecule has 1 aromatic rings. The summed E-state index contributed by atoms with van der Waals surface area (Å²) in [6.07, 6.45) is 4.03. The molecule has 3 rings (SSSR count).